The molecule has 0 rings (SSSR count). The van der Waals surface area contributed by atoms with Crippen LogP contribution in [0.25, 0.3) is 0 Å². The van der Waals surface area contributed by atoms with Crippen LogP contribution in [0.2, 0.25) is 0 Å². The second-order valence-electron chi connectivity index (χ2n) is 3.23. The van der Waals surface area contributed by atoms with Crippen molar-refractivity contribution in [3.05, 3.63) is 11.1 Å². The number of rotatable bonds is 3. The fourth-order valence-electron chi connectivity index (χ4n) is 1.25. The van der Waals surface area contributed by atoms with Crippen LogP contribution in [0.3, 0.4) is 0 Å². The zero-order valence-corrected chi connectivity index (χ0v) is 9.63. The molecule has 1 amide bonds. The first-order valence-electron chi connectivity index (χ1n) is 4.09. The van der Waals surface area contributed by atoms with Gasteiger partial charge in [-0.3, -0.25) is 4.79 Å². The van der Waals surface area contributed by atoms with Crippen LogP contribution in [0, 0.1) is 0 Å². The van der Waals surface area contributed by atoms with Crippen molar-refractivity contribution in [1.82, 2.24) is 4.90 Å². The van der Waals surface area contributed by atoms with E-state index in [9.17, 15) is 4.79 Å². The number of halogens is 1. The van der Waals surface area contributed by atoms with E-state index >= 15 is 0 Å². The van der Waals surface area contributed by atoms with Crippen molar-refractivity contribution >= 4 is 21.8 Å². The van der Waals surface area contributed by atoms with Gasteiger partial charge in [0.15, 0.2) is 0 Å². The monoisotopic (exact) mass is 233 g/mol. The zero-order valence-electron chi connectivity index (χ0n) is 8.04. The molecule has 0 heterocycles. The van der Waals surface area contributed by atoms with Crippen LogP contribution in [0.5, 0.6) is 0 Å². The van der Waals surface area contributed by atoms with Gasteiger partial charge in [0, 0.05) is 18.2 Å². The molecule has 0 aliphatic rings. The lowest BCUT2D eigenvalue weighted by Crippen LogP contribution is -2.41. The van der Waals surface area contributed by atoms with Gasteiger partial charge in [0.25, 0.3) is 0 Å². The summed E-state index contributed by atoms with van der Waals surface area (Å²) < 4.78 is 0. The van der Waals surface area contributed by atoms with Crippen molar-refractivity contribution in [1.29, 1.82) is 0 Å². The molecule has 0 aromatic heterocycles. The molecule has 0 saturated heterocycles. The van der Waals surface area contributed by atoms with Gasteiger partial charge in [0.1, 0.15) is 0 Å². The Morgan fingerprint density at radius 3 is 1.92 bits per heavy atom. The van der Waals surface area contributed by atoms with Crippen LogP contribution in [0.4, 0.5) is 0 Å². The smallest absolute Gasteiger partial charge is 0.247 e. The topological polar surface area (TPSA) is 20.3 Å². The molecule has 2 nitrogen and oxygen atoms in total. The highest BCUT2D eigenvalue weighted by Crippen LogP contribution is 2.06. The van der Waals surface area contributed by atoms with Gasteiger partial charge in [-0.15, -0.1) is 0 Å². The Bertz CT molecular complexity index is 167. The van der Waals surface area contributed by atoms with E-state index in [-0.39, 0.29) is 18.0 Å². The van der Waals surface area contributed by atoms with Crippen molar-refractivity contribution in [2.75, 3.05) is 0 Å². The molecule has 0 saturated carbocycles. The molecular formula is C9H16BrNO. The first-order chi connectivity index (χ1) is 5.50. The molecule has 0 aromatic carbocycles. The quantitative estimate of drug-likeness (QED) is 0.687. The van der Waals surface area contributed by atoms with Gasteiger partial charge < -0.3 is 4.90 Å². The van der Waals surface area contributed by atoms with E-state index in [2.05, 4.69) is 15.9 Å². The molecule has 3 heteroatoms. The van der Waals surface area contributed by atoms with E-state index in [1.807, 2.05) is 32.6 Å². The highest BCUT2D eigenvalue weighted by atomic mass is 79.9. The summed E-state index contributed by atoms with van der Waals surface area (Å²) in [4.78, 5) is 14.9. The van der Waals surface area contributed by atoms with Crippen LogP contribution < -0.4 is 0 Å². The summed E-state index contributed by atoms with van der Waals surface area (Å²) in [5.74, 6) is 0.0527. The molecule has 0 spiro atoms. The van der Waals surface area contributed by atoms with Gasteiger partial charge in [0.05, 0.1) is 0 Å². The summed E-state index contributed by atoms with van der Waals surface area (Å²) >= 11 is 3.09. The number of hydrogen-bond acceptors (Lipinski definition) is 1. The molecule has 0 atom stereocenters. The minimum absolute atomic E-state index is 0.0527. The second-order valence-corrected chi connectivity index (χ2v) is 3.75. The van der Waals surface area contributed by atoms with Crippen molar-refractivity contribution in [3.63, 3.8) is 0 Å². The largest absolute Gasteiger partial charge is 0.334 e. The lowest BCUT2D eigenvalue weighted by atomic mass is 10.2. The summed E-state index contributed by atoms with van der Waals surface area (Å²) in [5, 5.41) is 0. The van der Waals surface area contributed by atoms with Gasteiger partial charge >= 0.3 is 0 Å². The van der Waals surface area contributed by atoms with Gasteiger partial charge in [-0.1, -0.05) is 15.9 Å². The van der Waals surface area contributed by atoms with E-state index in [1.165, 1.54) is 6.08 Å². The third-order valence-electron chi connectivity index (χ3n) is 1.57. The standard InChI is InChI=1S/C9H16BrNO/c1-7(2)11(8(3)4)9(12)5-6-10/h5-8H,1-4H3/b6-5+. The van der Waals surface area contributed by atoms with E-state index < -0.39 is 0 Å². The lowest BCUT2D eigenvalue weighted by molar-refractivity contribution is -0.129. The maximum Gasteiger partial charge on any atom is 0.247 e. The van der Waals surface area contributed by atoms with Crippen LogP contribution in [-0.4, -0.2) is 22.9 Å². The van der Waals surface area contributed by atoms with Crippen LogP contribution in [-0.2, 0) is 4.79 Å². The number of carbonyl (C=O) groups is 1. The van der Waals surface area contributed by atoms with Gasteiger partial charge in [0.2, 0.25) is 5.91 Å². The van der Waals surface area contributed by atoms with Gasteiger partial charge in [-0.05, 0) is 32.7 Å². The van der Waals surface area contributed by atoms with Crippen molar-refractivity contribution in [2.45, 2.75) is 39.8 Å². The number of nitrogens with zero attached hydrogens (tertiary/aromatic N) is 1. The average molecular weight is 234 g/mol. The van der Waals surface area contributed by atoms with Gasteiger partial charge in [-0.2, -0.15) is 0 Å². The second kappa shape index (κ2) is 5.36. The Morgan fingerprint density at radius 1 is 1.25 bits per heavy atom. The minimum atomic E-state index is 0.0527. The molecule has 0 aliphatic carbocycles. The van der Waals surface area contributed by atoms with Crippen molar-refractivity contribution in [3.8, 4) is 0 Å². The summed E-state index contributed by atoms with van der Waals surface area (Å²) in [6, 6.07) is 0.502. The number of amides is 1. The van der Waals surface area contributed by atoms with E-state index in [0.717, 1.165) is 0 Å². The maximum absolute atomic E-state index is 11.4. The van der Waals surface area contributed by atoms with Crippen LogP contribution >= 0.6 is 15.9 Å². The molecular weight excluding hydrogens is 218 g/mol. The molecule has 70 valence electrons. The predicted molar refractivity (Wildman–Crippen MR) is 55.2 cm³/mol. The summed E-state index contributed by atoms with van der Waals surface area (Å²) in [6.07, 6.45) is 1.53. The lowest BCUT2D eigenvalue weighted by Gasteiger charge is -2.29. The third kappa shape index (κ3) is 3.39. The molecule has 0 radical (unpaired) electrons. The van der Waals surface area contributed by atoms with E-state index in [4.69, 9.17) is 0 Å². The first kappa shape index (κ1) is 11.7. The molecule has 0 fully saturated rings. The normalized spacial score (nSPS) is 11.6. The van der Waals surface area contributed by atoms with Crippen molar-refractivity contribution < 1.29 is 4.79 Å². The predicted octanol–water partition coefficient (Wildman–Crippen LogP) is 2.54. The summed E-state index contributed by atoms with van der Waals surface area (Å²) in [7, 11) is 0. The van der Waals surface area contributed by atoms with Crippen molar-refractivity contribution in [2.24, 2.45) is 0 Å². The Hall–Kier alpha value is -0.310. The highest BCUT2D eigenvalue weighted by Gasteiger charge is 2.16. The first-order valence-corrected chi connectivity index (χ1v) is 5.01. The number of hydrogen-bond donors (Lipinski definition) is 0. The van der Waals surface area contributed by atoms with Crippen LogP contribution in [0.1, 0.15) is 27.7 Å². The molecule has 0 bridgehead atoms. The van der Waals surface area contributed by atoms with E-state index in [1.54, 1.807) is 4.99 Å². The fraction of sp³-hybridized carbons (Fsp3) is 0.667. The Balaban J connectivity index is 4.40. The summed E-state index contributed by atoms with van der Waals surface area (Å²) in [6.45, 7) is 8.06. The van der Waals surface area contributed by atoms with Crippen LogP contribution in [0.15, 0.2) is 11.1 Å². The minimum Gasteiger partial charge on any atom is -0.334 e. The molecule has 12 heavy (non-hydrogen) atoms. The third-order valence-corrected chi connectivity index (χ3v) is 1.84. The summed E-state index contributed by atoms with van der Waals surface area (Å²) in [5.41, 5.74) is 0. The average Bonchev–Trinajstić information content (AvgIpc) is 1.85. The molecule has 0 N–H and O–H groups in total. The molecule has 0 aliphatic heterocycles. The SMILES string of the molecule is CC(C)N(C(=O)/C=C/Br)C(C)C. The Morgan fingerprint density at radius 2 is 1.67 bits per heavy atom. The number of carbonyl (C=O) groups excluding carboxylic acids is 1. The Labute approximate surface area is 82.8 Å². The maximum atomic E-state index is 11.4. The Kier molecular flexibility index (Phi) is 5.22. The van der Waals surface area contributed by atoms with Gasteiger partial charge in [-0.25, -0.2) is 0 Å². The van der Waals surface area contributed by atoms with E-state index in [0.29, 0.717) is 0 Å². The molecule has 0 unspecified atom stereocenters. The fourth-order valence-corrected chi connectivity index (χ4v) is 1.47. The molecule has 0 aromatic rings. The highest BCUT2D eigenvalue weighted by molar-refractivity contribution is 9.11. The zero-order chi connectivity index (χ0) is 9.72.